The number of rotatable bonds is 12. The van der Waals surface area contributed by atoms with Gasteiger partial charge in [-0.1, -0.05) is 58.3 Å². The maximum Gasteiger partial charge on any atom is 0.309 e. The molecular formula is C17H30O4. The van der Waals surface area contributed by atoms with Gasteiger partial charge in [-0.25, -0.2) is 0 Å². The fourth-order valence-corrected chi connectivity index (χ4v) is 2.96. The predicted octanol–water partition coefficient (Wildman–Crippen LogP) is 4.31. The number of unbranched alkanes of at least 4 members (excludes halogenated alkanes) is 8. The minimum atomic E-state index is -0.916. The lowest BCUT2D eigenvalue weighted by Crippen LogP contribution is -2.12. The van der Waals surface area contributed by atoms with Crippen molar-refractivity contribution in [3.05, 3.63) is 0 Å². The SMILES string of the molecule is CCCCCCCCCCCC1CC(CC(=O)O)C(=O)O1. The van der Waals surface area contributed by atoms with Gasteiger partial charge in [0.2, 0.25) is 0 Å². The maximum atomic E-state index is 11.5. The van der Waals surface area contributed by atoms with Gasteiger partial charge in [0.25, 0.3) is 0 Å². The van der Waals surface area contributed by atoms with E-state index in [1.54, 1.807) is 0 Å². The fraction of sp³-hybridized carbons (Fsp3) is 0.882. The molecule has 0 radical (unpaired) electrons. The van der Waals surface area contributed by atoms with Gasteiger partial charge in [0.15, 0.2) is 0 Å². The molecule has 1 fully saturated rings. The molecule has 1 heterocycles. The zero-order valence-electron chi connectivity index (χ0n) is 13.3. The van der Waals surface area contributed by atoms with Crippen molar-refractivity contribution in [3.63, 3.8) is 0 Å². The average Bonchev–Trinajstić information content (AvgIpc) is 2.76. The molecular weight excluding hydrogens is 268 g/mol. The van der Waals surface area contributed by atoms with Gasteiger partial charge in [0.05, 0.1) is 12.3 Å². The van der Waals surface area contributed by atoms with Crippen LogP contribution in [0.3, 0.4) is 0 Å². The Kier molecular flexibility index (Phi) is 9.11. The first kappa shape index (κ1) is 18.0. The normalized spacial score (nSPS) is 21.5. The number of cyclic esters (lactones) is 1. The molecule has 1 aliphatic heterocycles. The minimum Gasteiger partial charge on any atom is -0.481 e. The van der Waals surface area contributed by atoms with Crippen LogP contribution in [0.2, 0.25) is 0 Å². The Hall–Kier alpha value is -1.06. The number of ether oxygens (including phenoxy) is 1. The number of carboxylic acids is 1. The molecule has 0 aliphatic carbocycles. The Balaban J connectivity index is 1.96. The summed E-state index contributed by atoms with van der Waals surface area (Å²) in [7, 11) is 0. The van der Waals surface area contributed by atoms with Crippen LogP contribution in [0.25, 0.3) is 0 Å². The third-order valence-electron chi connectivity index (χ3n) is 4.21. The topological polar surface area (TPSA) is 63.6 Å². The quantitative estimate of drug-likeness (QED) is 0.430. The van der Waals surface area contributed by atoms with E-state index in [-0.39, 0.29) is 18.5 Å². The minimum absolute atomic E-state index is 0.0496. The number of hydrogen-bond donors (Lipinski definition) is 1. The molecule has 0 spiro atoms. The zero-order chi connectivity index (χ0) is 15.5. The third kappa shape index (κ3) is 8.08. The van der Waals surface area contributed by atoms with Gasteiger partial charge in [-0.2, -0.15) is 0 Å². The molecule has 122 valence electrons. The Morgan fingerprint density at radius 2 is 1.67 bits per heavy atom. The first-order valence-electron chi connectivity index (χ1n) is 8.55. The zero-order valence-corrected chi connectivity index (χ0v) is 13.3. The number of aliphatic carboxylic acids is 1. The highest BCUT2D eigenvalue weighted by atomic mass is 16.6. The molecule has 0 saturated carbocycles. The van der Waals surface area contributed by atoms with Gasteiger partial charge >= 0.3 is 11.9 Å². The summed E-state index contributed by atoms with van der Waals surface area (Å²) in [5.74, 6) is -1.66. The smallest absolute Gasteiger partial charge is 0.309 e. The van der Waals surface area contributed by atoms with Crippen molar-refractivity contribution in [2.24, 2.45) is 5.92 Å². The number of hydrogen-bond acceptors (Lipinski definition) is 3. The number of esters is 1. The van der Waals surface area contributed by atoms with E-state index in [2.05, 4.69) is 6.92 Å². The van der Waals surface area contributed by atoms with Crippen LogP contribution in [0.5, 0.6) is 0 Å². The van der Waals surface area contributed by atoms with Crippen LogP contribution >= 0.6 is 0 Å². The largest absolute Gasteiger partial charge is 0.481 e. The molecule has 0 bridgehead atoms. The van der Waals surface area contributed by atoms with Gasteiger partial charge in [-0.05, 0) is 19.3 Å². The Morgan fingerprint density at radius 3 is 2.24 bits per heavy atom. The summed E-state index contributed by atoms with van der Waals surface area (Å²) in [6.45, 7) is 2.23. The number of carboxylic acid groups (broad SMARTS) is 1. The second kappa shape index (κ2) is 10.6. The van der Waals surface area contributed by atoms with Crippen LogP contribution in [-0.4, -0.2) is 23.1 Å². The summed E-state index contributed by atoms with van der Waals surface area (Å²) >= 11 is 0. The molecule has 1 rings (SSSR count). The maximum absolute atomic E-state index is 11.5. The number of carbonyl (C=O) groups excluding carboxylic acids is 1. The van der Waals surface area contributed by atoms with Crippen molar-refractivity contribution in [2.75, 3.05) is 0 Å². The lowest BCUT2D eigenvalue weighted by Gasteiger charge is -2.08. The van der Waals surface area contributed by atoms with E-state index in [1.807, 2.05) is 0 Å². The van der Waals surface area contributed by atoms with Gasteiger partial charge in [0.1, 0.15) is 6.10 Å². The highest BCUT2D eigenvalue weighted by Gasteiger charge is 2.35. The Bertz CT molecular complexity index is 314. The van der Waals surface area contributed by atoms with E-state index in [4.69, 9.17) is 9.84 Å². The Morgan fingerprint density at radius 1 is 1.10 bits per heavy atom. The van der Waals surface area contributed by atoms with Crippen molar-refractivity contribution in [2.45, 2.75) is 90.1 Å². The van der Waals surface area contributed by atoms with Crippen molar-refractivity contribution < 1.29 is 19.4 Å². The van der Waals surface area contributed by atoms with E-state index >= 15 is 0 Å². The summed E-state index contributed by atoms with van der Waals surface area (Å²) in [5, 5.41) is 8.72. The summed E-state index contributed by atoms with van der Waals surface area (Å²) in [6, 6.07) is 0. The van der Waals surface area contributed by atoms with Crippen molar-refractivity contribution in [1.29, 1.82) is 0 Å². The molecule has 0 aromatic rings. The van der Waals surface area contributed by atoms with E-state index in [9.17, 15) is 9.59 Å². The third-order valence-corrected chi connectivity index (χ3v) is 4.21. The van der Waals surface area contributed by atoms with Gasteiger partial charge < -0.3 is 9.84 Å². The first-order valence-corrected chi connectivity index (χ1v) is 8.55. The lowest BCUT2D eigenvalue weighted by atomic mass is 9.98. The molecule has 0 amide bonds. The van der Waals surface area contributed by atoms with Crippen LogP contribution in [-0.2, 0) is 14.3 Å². The molecule has 0 aromatic heterocycles. The fourth-order valence-electron chi connectivity index (χ4n) is 2.96. The van der Waals surface area contributed by atoms with Gasteiger partial charge in [0, 0.05) is 0 Å². The highest BCUT2D eigenvalue weighted by molar-refractivity contribution is 5.80. The average molecular weight is 298 g/mol. The summed E-state index contributed by atoms with van der Waals surface area (Å²) < 4.78 is 5.24. The molecule has 2 unspecified atom stereocenters. The Labute approximate surface area is 128 Å². The summed E-state index contributed by atoms with van der Waals surface area (Å²) in [4.78, 5) is 22.1. The van der Waals surface area contributed by atoms with Crippen LogP contribution < -0.4 is 0 Å². The first-order chi connectivity index (χ1) is 10.1. The number of carbonyl (C=O) groups is 2. The van der Waals surface area contributed by atoms with Crippen LogP contribution in [0, 0.1) is 5.92 Å². The molecule has 1 aliphatic rings. The van der Waals surface area contributed by atoms with Crippen LogP contribution in [0.15, 0.2) is 0 Å². The van der Waals surface area contributed by atoms with Crippen molar-refractivity contribution in [1.82, 2.24) is 0 Å². The summed E-state index contributed by atoms with van der Waals surface area (Å²) in [5.41, 5.74) is 0. The molecule has 1 saturated heterocycles. The molecule has 21 heavy (non-hydrogen) atoms. The lowest BCUT2D eigenvalue weighted by molar-refractivity contribution is -0.148. The standard InChI is InChI=1S/C17H30O4/c1-2-3-4-5-6-7-8-9-10-11-15-12-14(13-16(18)19)17(20)21-15/h14-15H,2-13H2,1H3,(H,18,19). The molecule has 0 aromatic carbocycles. The van der Waals surface area contributed by atoms with E-state index in [0.717, 1.165) is 12.8 Å². The predicted molar refractivity (Wildman–Crippen MR) is 82.1 cm³/mol. The molecule has 4 heteroatoms. The molecule has 2 atom stereocenters. The van der Waals surface area contributed by atoms with Crippen LogP contribution in [0.1, 0.15) is 84.0 Å². The summed E-state index contributed by atoms with van der Waals surface area (Å²) in [6.07, 6.45) is 12.8. The monoisotopic (exact) mass is 298 g/mol. The van der Waals surface area contributed by atoms with E-state index in [0.29, 0.717) is 6.42 Å². The van der Waals surface area contributed by atoms with Crippen molar-refractivity contribution >= 4 is 11.9 Å². The second-order valence-corrected chi connectivity index (χ2v) is 6.21. The van der Waals surface area contributed by atoms with E-state index in [1.165, 1.54) is 51.4 Å². The van der Waals surface area contributed by atoms with Gasteiger partial charge in [-0.15, -0.1) is 0 Å². The molecule has 1 N–H and O–H groups in total. The molecule has 4 nitrogen and oxygen atoms in total. The van der Waals surface area contributed by atoms with E-state index < -0.39 is 11.9 Å². The van der Waals surface area contributed by atoms with Crippen LogP contribution in [0.4, 0.5) is 0 Å². The van der Waals surface area contributed by atoms with Gasteiger partial charge in [-0.3, -0.25) is 9.59 Å². The van der Waals surface area contributed by atoms with Crippen molar-refractivity contribution in [3.8, 4) is 0 Å². The second-order valence-electron chi connectivity index (χ2n) is 6.21. The highest BCUT2D eigenvalue weighted by Crippen LogP contribution is 2.27.